The number of aryl methyl sites for hydroxylation is 1. The fourth-order valence-electron chi connectivity index (χ4n) is 3.25. The summed E-state index contributed by atoms with van der Waals surface area (Å²) in [6.07, 6.45) is 7.12. The van der Waals surface area contributed by atoms with E-state index < -0.39 is 0 Å². The van der Waals surface area contributed by atoms with Crippen molar-refractivity contribution in [3.63, 3.8) is 0 Å². The Labute approximate surface area is 113 Å². The van der Waals surface area contributed by atoms with Gasteiger partial charge in [0.05, 0.1) is 12.7 Å². The van der Waals surface area contributed by atoms with Crippen LogP contribution in [-0.2, 0) is 16.1 Å². The first kappa shape index (κ1) is 12.7. The molecule has 0 amide bonds. The van der Waals surface area contributed by atoms with Crippen molar-refractivity contribution in [1.29, 1.82) is 0 Å². The number of carbonyl (C=O) groups is 1. The van der Waals surface area contributed by atoms with E-state index in [1.54, 1.807) is 0 Å². The van der Waals surface area contributed by atoms with Crippen LogP contribution >= 0.6 is 0 Å². The summed E-state index contributed by atoms with van der Waals surface area (Å²) >= 11 is 0. The minimum absolute atomic E-state index is 0.0424. The van der Waals surface area contributed by atoms with Crippen molar-refractivity contribution < 1.29 is 9.53 Å². The highest BCUT2D eigenvalue weighted by molar-refractivity contribution is 5.78. The van der Waals surface area contributed by atoms with Crippen LogP contribution in [0.2, 0.25) is 0 Å². The smallest absolute Gasteiger partial charge is 0.323 e. The van der Waals surface area contributed by atoms with E-state index in [0.717, 1.165) is 32.4 Å². The maximum Gasteiger partial charge on any atom is 0.323 e. The van der Waals surface area contributed by atoms with E-state index in [9.17, 15) is 4.79 Å². The Balaban J connectivity index is 1.69. The highest BCUT2D eigenvalue weighted by Gasteiger charge is 2.41. The Kier molecular flexibility index (Phi) is 3.31. The van der Waals surface area contributed by atoms with Gasteiger partial charge in [-0.3, -0.25) is 14.4 Å². The lowest BCUT2D eigenvalue weighted by Crippen LogP contribution is -2.43. The van der Waals surface area contributed by atoms with Crippen LogP contribution in [0.25, 0.3) is 0 Å². The number of hydrogen-bond acceptors (Lipinski definition) is 4. The number of ether oxygens (including phenoxy) is 1. The van der Waals surface area contributed by atoms with Crippen LogP contribution < -0.4 is 0 Å². The molecule has 5 heteroatoms. The van der Waals surface area contributed by atoms with Crippen LogP contribution in [0.15, 0.2) is 12.4 Å². The summed E-state index contributed by atoms with van der Waals surface area (Å²) in [6.45, 7) is 5.88. The number of aromatic nitrogens is 2. The largest absolute Gasteiger partial charge is 0.461 e. The lowest BCUT2D eigenvalue weighted by atomic mass is 10.1. The van der Waals surface area contributed by atoms with Gasteiger partial charge in [0.2, 0.25) is 0 Å². The van der Waals surface area contributed by atoms with Crippen LogP contribution in [0.3, 0.4) is 0 Å². The van der Waals surface area contributed by atoms with Gasteiger partial charge in [0.15, 0.2) is 0 Å². The van der Waals surface area contributed by atoms with E-state index >= 15 is 0 Å². The van der Waals surface area contributed by atoms with Crippen molar-refractivity contribution in [2.24, 2.45) is 0 Å². The fraction of sp³-hybridized carbons (Fsp3) is 0.714. The summed E-state index contributed by atoms with van der Waals surface area (Å²) in [4.78, 5) is 14.2. The minimum atomic E-state index is -0.0453. The number of hydrogen-bond donors (Lipinski definition) is 0. The zero-order chi connectivity index (χ0) is 13.4. The van der Waals surface area contributed by atoms with Crippen LogP contribution in [0.5, 0.6) is 0 Å². The van der Waals surface area contributed by atoms with Crippen LogP contribution in [0, 0.1) is 6.92 Å². The molecule has 0 spiro atoms. The average Bonchev–Trinajstić information content (AvgIpc) is 3.02. The number of rotatable bonds is 3. The first-order valence-corrected chi connectivity index (χ1v) is 7.09. The summed E-state index contributed by atoms with van der Waals surface area (Å²) in [7, 11) is 0. The standard InChI is InChI=1S/C14H21N3O2/c1-10-7-15-16(8-10)9-12-4-3-5-17(12)13-6-11(2)19-14(13)18/h7-8,11-13H,3-6,9H2,1-2H3/t11-,12-,13-/m0/s1. The first-order chi connectivity index (χ1) is 9.13. The van der Waals surface area contributed by atoms with E-state index in [4.69, 9.17) is 4.74 Å². The van der Waals surface area contributed by atoms with E-state index in [0.29, 0.717) is 6.04 Å². The number of esters is 1. The second-order valence-corrected chi connectivity index (χ2v) is 5.77. The molecule has 0 radical (unpaired) electrons. The third kappa shape index (κ3) is 2.52. The molecule has 2 saturated heterocycles. The molecule has 0 saturated carbocycles. The zero-order valence-corrected chi connectivity index (χ0v) is 11.6. The number of nitrogens with zero attached hydrogens (tertiary/aromatic N) is 3. The molecule has 104 valence electrons. The molecule has 3 heterocycles. The zero-order valence-electron chi connectivity index (χ0n) is 11.6. The second-order valence-electron chi connectivity index (χ2n) is 5.77. The van der Waals surface area contributed by atoms with E-state index in [-0.39, 0.29) is 18.1 Å². The van der Waals surface area contributed by atoms with Gasteiger partial charge in [0.25, 0.3) is 0 Å². The van der Waals surface area contributed by atoms with Gasteiger partial charge >= 0.3 is 5.97 Å². The van der Waals surface area contributed by atoms with Gasteiger partial charge in [-0.2, -0.15) is 5.10 Å². The van der Waals surface area contributed by atoms with Gasteiger partial charge in [0.1, 0.15) is 12.1 Å². The molecule has 0 bridgehead atoms. The average molecular weight is 263 g/mol. The lowest BCUT2D eigenvalue weighted by molar-refractivity contribution is -0.145. The van der Waals surface area contributed by atoms with Crippen molar-refractivity contribution in [3.05, 3.63) is 18.0 Å². The predicted molar refractivity (Wildman–Crippen MR) is 70.7 cm³/mol. The Bertz CT molecular complexity index is 471. The molecular weight excluding hydrogens is 242 g/mol. The van der Waals surface area contributed by atoms with E-state index in [1.807, 2.05) is 24.7 Å². The van der Waals surface area contributed by atoms with Gasteiger partial charge in [-0.25, -0.2) is 0 Å². The summed E-state index contributed by atoms with van der Waals surface area (Å²) in [6, 6.07) is 0.362. The van der Waals surface area contributed by atoms with Gasteiger partial charge < -0.3 is 4.74 Å². The Morgan fingerprint density at radius 2 is 2.37 bits per heavy atom. The molecule has 2 fully saturated rings. The Morgan fingerprint density at radius 3 is 3.00 bits per heavy atom. The maximum absolute atomic E-state index is 11.9. The van der Waals surface area contributed by atoms with Crippen LogP contribution in [0.1, 0.15) is 31.7 Å². The number of carbonyl (C=O) groups excluding carboxylic acids is 1. The summed E-state index contributed by atoms with van der Waals surface area (Å²) < 4.78 is 7.27. The molecule has 2 aliphatic rings. The second kappa shape index (κ2) is 4.96. The topological polar surface area (TPSA) is 47.4 Å². The number of likely N-dealkylation sites (tertiary alicyclic amines) is 1. The SMILES string of the molecule is Cc1cnn(C[C@@H]2CCCN2[C@H]2C[C@H](C)OC2=O)c1. The highest BCUT2D eigenvalue weighted by Crippen LogP contribution is 2.28. The summed E-state index contributed by atoms with van der Waals surface area (Å²) in [5.74, 6) is -0.0453. The summed E-state index contributed by atoms with van der Waals surface area (Å²) in [5.41, 5.74) is 1.18. The minimum Gasteiger partial charge on any atom is -0.461 e. The molecule has 2 aliphatic heterocycles. The molecule has 0 aromatic carbocycles. The number of cyclic esters (lactones) is 1. The quantitative estimate of drug-likeness (QED) is 0.773. The Hall–Kier alpha value is -1.36. The first-order valence-electron chi connectivity index (χ1n) is 7.09. The monoisotopic (exact) mass is 263 g/mol. The van der Waals surface area contributed by atoms with Crippen LogP contribution in [-0.4, -0.2) is 45.4 Å². The molecule has 3 atom stereocenters. The molecule has 0 unspecified atom stereocenters. The fourth-order valence-corrected chi connectivity index (χ4v) is 3.25. The van der Waals surface area contributed by atoms with E-state index in [1.165, 1.54) is 5.56 Å². The van der Waals surface area contributed by atoms with Crippen molar-refractivity contribution in [1.82, 2.24) is 14.7 Å². The van der Waals surface area contributed by atoms with Gasteiger partial charge in [0, 0.05) is 18.7 Å². The predicted octanol–water partition coefficient (Wildman–Crippen LogP) is 1.36. The third-order valence-electron chi connectivity index (χ3n) is 4.13. The molecule has 1 aromatic heterocycles. The molecule has 5 nitrogen and oxygen atoms in total. The van der Waals surface area contributed by atoms with Crippen molar-refractivity contribution in [2.75, 3.05) is 6.54 Å². The lowest BCUT2D eigenvalue weighted by Gasteiger charge is -2.27. The van der Waals surface area contributed by atoms with Crippen molar-refractivity contribution in [3.8, 4) is 0 Å². The third-order valence-corrected chi connectivity index (χ3v) is 4.13. The molecule has 0 N–H and O–H groups in total. The summed E-state index contributed by atoms with van der Waals surface area (Å²) in [5, 5.41) is 4.35. The Morgan fingerprint density at radius 1 is 1.53 bits per heavy atom. The van der Waals surface area contributed by atoms with Crippen LogP contribution in [0.4, 0.5) is 0 Å². The molecular formula is C14H21N3O2. The molecule has 19 heavy (non-hydrogen) atoms. The van der Waals surface area contributed by atoms with Crippen molar-refractivity contribution >= 4 is 5.97 Å². The molecule has 3 rings (SSSR count). The van der Waals surface area contributed by atoms with Crippen molar-refractivity contribution in [2.45, 2.75) is 57.8 Å². The molecule has 0 aliphatic carbocycles. The van der Waals surface area contributed by atoms with Gasteiger partial charge in [-0.1, -0.05) is 0 Å². The normalized spacial score (nSPS) is 31.9. The van der Waals surface area contributed by atoms with Gasteiger partial charge in [-0.15, -0.1) is 0 Å². The molecule has 1 aromatic rings. The maximum atomic E-state index is 11.9. The van der Waals surface area contributed by atoms with E-state index in [2.05, 4.69) is 16.2 Å². The highest BCUT2D eigenvalue weighted by atomic mass is 16.6. The van der Waals surface area contributed by atoms with Gasteiger partial charge in [-0.05, 0) is 38.8 Å².